The fraction of sp³-hybridized carbons (Fsp3) is 0.500. The second kappa shape index (κ2) is 6.17. The second-order valence-electron chi connectivity index (χ2n) is 3.58. The van der Waals surface area contributed by atoms with Crippen molar-refractivity contribution in [2.45, 2.75) is 39.2 Å². The summed E-state index contributed by atoms with van der Waals surface area (Å²) in [6.07, 6.45) is 4.71. The van der Waals surface area contributed by atoms with Gasteiger partial charge in [0, 0.05) is 12.2 Å². The number of amides is 1. The molecule has 1 N–H and O–H groups in total. The number of pyridine rings is 1. The highest BCUT2D eigenvalue weighted by Crippen LogP contribution is 2.02. The number of carbonyl (C=O) groups excluding carboxylic acids is 1. The Balaban J connectivity index is 2.55. The predicted octanol–water partition coefficient (Wildman–Crippen LogP) is 2.39. The molecule has 0 saturated carbocycles. The highest BCUT2D eigenvalue weighted by Gasteiger charge is 2.11. The molecule has 1 amide bonds. The van der Waals surface area contributed by atoms with Crippen LogP contribution in [0.15, 0.2) is 24.4 Å². The van der Waals surface area contributed by atoms with Crippen molar-refractivity contribution in [3.05, 3.63) is 30.1 Å². The van der Waals surface area contributed by atoms with E-state index < -0.39 is 0 Å². The van der Waals surface area contributed by atoms with Crippen LogP contribution in [0.3, 0.4) is 0 Å². The minimum Gasteiger partial charge on any atom is -0.348 e. The first-order valence-electron chi connectivity index (χ1n) is 5.49. The minimum atomic E-state index is -0.0732. The first-order valence-corrected chi connectivity index (χ1v) is 5.49. The molecule has 0 aliphatic heterocycles. The van der Waals surface area contributed by atoms with E-state index in [9.17, 15) is 4.79 Å². The summed E-state index contributed by atoms with van der Waals surface area (Å²) in [7, 11) is 0. The van der Waals surface area contributed by atoms with Crippen LogP contribution in [0.25, 0.3) is 0 Å². The van der Waals surface area contributed by atoms with Crippen molar-refractivity contribution in [1.82, 2.24) is 10.3 Å². The third-order valence-corrected chi connectivity index (χ3v) is 2.36. The molecule has 1 unspecified atom stereocenters. The summed E-state index contributed by atoms with van der Waals surface area (Å²) in [5.74, 6) is -0.0732. The molecule has 0 fully saturated rings. The van der Waals surface area contributed by atoms with Crippen molar-refractivity contribution in [2.75, 3.05) is 0 Å². The topological polar surface area (TPSA) is 42.0 Å². The van der Waals surface area contributed by atoms with E-state index >= 15 is 0 Å². The molecule has 0 aromatic carbocycles. The SMILES string of the molecule is CCCC(CC)NC(=O)c1ccccn1. The van der Waals surface area contributed by atoms with E-state index in [4.69, 9.17) is 0 Å². The number of nitrogens with one attached hydrogen (secondary N) is 1. The number of carbonyl (C=O) groups is 1. The average Bonchev–Trinajstić information content (AvgIpc) is 2.29. The Hall–Kier alpha value is -1.38. The number of hydrogen-bond acceptors (Lipinski definition) is 2. The fourth-order valence-corrected chi connectivity index (χ4v) is 1.48. The van der Waals surface area contributed by atoms with Crippen molar-refractivity contribution in [3.8, 4) is 0 Å². The Bertz CT molecular complexity index is 298. The Kier molecular flexibility index (Phi) is 4.81. The summed E-state index contributed by atoms with van der Waals surface area (Å²) in [6, 6.07) is 5.63. The lowest BCUT2D eigenvalue weighted by atomic mass is 10.1. The molecule has 1 aromatic heterocycles. The molecule has 0 aliphatic carbocycles. The first kappa shape index (κ1) is 11.7. The zero-order chi connectivity index (χ0) is 11.1. The first-order chi connectivity index (χ1) is 7.27. The van der Waals surface area contributed by atoms with Crippen molar-refractivity contribution >= 4 is 5.91 Å². The van der Waals surface area contributed by atoms with E-state index in [1.165, 1.54) is 0 Å². The van der Waals surface area contributed by atoms with E-state index in [0.29, 0.717) is 5.69 Å². The number of nitrogens with zero attached hydrogens (tertiary/aromatic N) is 1. The largest absolute Gasteiger partial charge is 0.348 e. The van der Waals surface area contributed by atoms with Crippen LogP contribution in [-0.4, -0.2) is 16.9 Å². The molecule has 0 saturated heterocycles. The van der Waals surface area contributed by atoms with Gasteiger partial charge in [0.15, 0.2) is 0 Å². The van der Waals surface area contributed by atoms with Gasteiger partial charge in [0.25, 0.3) is 5.91 Å². The molecular weight excluding hydrogens is 188 g/mol. The summed E-state index contributed by atoms with van der Waals surface area (Å²) in [6.45, 7) is 4.20. The van der Waals surface area contributed by atoms with Gasteiger partial charge in [0.05, 0.1) is 0 Å². The van der Waals surface area contributed by atoms with Crippen molar-refractivity contribution in [1.29, 1.82) is 0 Å². The molecule has 3 heteroatoms. The molecule has 82 valence electrons. The van der Waals surface area contributed by atoms with Gasteiger partial charge in [-0.3, -0.25) is 9.78 Å². The van der Waals surface area contributed by atoms with Crippen LogP contribution in [0.2, 0.25) is 0 Å². The fourth-order valence-electron chi connectivity index (χ4n) is 1.48. The lowest BCUT2D eigenvalue weighted by Crippen LogP contribution is -2.34. The molecule has 1 atom stereocenters. The van der Waals surface area contributed by atoms with Crippen LogP contribution in [0.4, 0.5) is 0 Å². The zero-order valence-electron chi connectivity index (χ0n) is 9.36. The molecule has 0 bridgehead atoms. The molecule has 1 aromatic rings. The van der Waals surface area contributed by atoms with E-state index in [1.807, 2.05) is 6.07 Å². The molecule has 0 radical (unpaired) electrons. The van der Waals surface area contributed by atoms with Gasteiger partial charge < -0.3 is 5.32 Å². The van der Waals surface area contributed by atoms with Crippen LogP contribution < -0.4 is 5.32 Å². The van der Waals surface area contributed by atoms with Gasteiger partial charge in [0.1, 0.15) is 5.69 Å². The van der Waals surface area contributed by atoms with E-state index in [1.54, 1.807) is 18.3 Å². The molecule has 3 nitrogen and oxygen atoms in total. The van der Waals surface area contributed by atoms with E-state index in [0.717, 1.165) is 19.3 Å². The lowest BCUT2D eigenvalue weighted by molar-refractivity contribution is 0.0928. The summed E-state index contributed by atoms with van der Waals surface area (Å²) in [5, 5.41) is 2.98. The monoisotopic (exact) mass is 206 g/mol. The summed E-state index contributed by atoms with van der Waals surface area (Å²) in [4.78, 5) is 15.7. The average molecular weight is 206 g/mol. The predicted molar refractivity (Wildman–Crippen MR) is 60.7 cm³/mol. The Labute approximate surface area is 90.9 Å². The number of hydrogen-bond donors (Lipinski definition) is 1. The molecule has 15 heavy (non-hydrogen) atoms. The Morgan fingerprint density at radius 1 is 1.47 bits per heavy atom. The van der Waals surface area contributed by atoms with Crippen LogP contribution in [-0.2, 0) is 0 Å². The van der Waals surface area contributed by atoms with Crippen molar-refractivity contribution < 1.29 is 4.79 Å². The van der Waals surface area contributed by atoms with Crippen molar-refractivity contribution in [3.63, 3.8) is 0 Å². The normalized spacial score (nSPS) is 12.1. The van der Waals surface area contributed by atoms with Gasteiger partial charge in [-0.25, -0.2) is 0 Å². The van der Waals surface area contributed by atoms with Gasteiger partial charge in [0.2, 0.25) is 0 Å². The third-order valence-electron chi connectivity index (χ3n) is 2.36. The maximum absolute atomic E-state index is 11.7. The van der Waals surface area contributed by atoms with Gasteiger partial charge >= 0.3 is 0 Å². The maximum atomic E-state index is 11.7. The van der Waals surface area contributed by atoms with E-state index in [2.05, 4.69) is 24.1 Å². The molecular formula is C12H18N2O. The minimum absolute atomic E-state index is 0.0732. The smallest absolute Gasteiger partial charge is 0.270 e. The summed E-state index contributed by atoms with van der Waals surface area (Å²) < 4.78 is 0. The number of rotatable bonds is 5. The standard InChI is InChI=1S/C12H18N2O/c1-3-7-10(4-2)14-12(15)11-8-5-6-9-13-11/h5-6,8-10H,3-4,7H2,1-2H3,(H,14,15). The highest BCUT2D eigenvalue weighted by molar-refractivity contribution is 5.92. The summed E-state index contributed by atoms with van der Waals surface area (Å²) in [5.41, 5.74) is 0.493. The van der Waals surface area contributed by atoms with Gasteiger partial charge in [-0.15, -0.1) is 0 Å². The molecule has 0 spiro atoms. The van der Waals surface area contributed by atoms with Crippen molar-refractivity contribution in [2.24, 2.45) is 0 Å². The van der Waals surface area contributed by atoms with Crippen LogP contribution in [0, 0.1) is 0 Å². The van der Waals surface area contributed by atoms with Gasteiger partial charge in [-0.2, -0.15) is 0 Å². The Morgan fingerprint density at radius 3 is 2.80 bits per heavy atom. The van der Waals surface area contributed by atoms with E-state index in [-0.39, 0.29) is 11.9 Å². The van der Waals surface area contributed by atoms with Crippen LogP contribution in [0.5, 0.6) is 0 Å². The second-order valence-corrected chi connectivity index (χ2v) is 3.58. The van der Waals surface area contributed by atoms with Crippen LogP contribution in [0.1, 0.15) is 43.6 Å². The zero-order valence-corrected chi connectivity index (χ0v) is 9.36. The third kappa shape index (κ3) is 3.70. The molecule has 0 aliphatic rings. The molecule has 1 heterocycles. The lowest BCUT2D eigenvalue weighted by Gasteiger charge is -2.15. The maximum Gasteiger partial charge on any atom is 0.270 e. The van der Waals surface area contributed by atoms with Gasteiger partial charge in [-0.05, 0) is 25.0 Å². The highest BCUT2D eigenvalue weighted by atomic mass is 16.1. The molecule has 1 rings (SSSR count). The summed E-state index contributed by atoms with van der Waals surface area (Å²) >= 11 is 0. The van der Waals surface area contributed by atoms with Crippen LogP contribution >= 0.6 is 0 Å². The van der Waals surface area contributed by atoms with Gasteiger partial charge in [-0.1, -0.05) is 26.3 Å². The number of aromatic nitrogens is 1. The quantitative estimate of drug-likeness (QED) is 0.803. The Morgan fingerprint density at radius 2 is 2.27 bits per heavy atom.